The van der Waals surface area contributed by atoms with Crippen LogP contribution in [0.3, 0.4) is 0 Å². The fourth-order valence-electron chi connectivity index (χ4n) is 4.96. The summed E-state index contributed by atoms with van der Waals surface area (Å²) in [6.07, 6.45) is 0.840. The van der Waals surface area contributed by atoms with Crippen LogP contribution in [-0.2, 0) is 14.3 Å². The highest BCUT2D eigenvalue weighted by molar-refractivity contribution is 6.34. The molecule has 1 fully saturated rings. The molecule has 1 atom stereocenters. The van der Waals surface area contributed by atoms with Crippen molar-refractivity contribution in [2.75, 3.05) is 53.0 Å². The van der Waals surface area contributed by atoms with Crippen LogP contribution in [0.5, 0.6) is 5.75 Å². The summed E-state index contributed by atoms with van der Waals surface area (Å²) in [5.74, 6) is 0.411. The highest BCUT2D eigenvalue weighted by atomic mass is 35.5. The molecule has 1 saturated heterocycles. The van der Waals surface area contributed by atoms with Crippen LogP contribution in [-0.4, -0.2) is 85.4 Å². The van der Waals surface area contributed by atoms with Gasteiger partial charge in [0.15, 0.2) is 0 Å². The third kappa shape index (κ3) is 7.59. The number of halogens is 1. The zero-order valence-electron chi connectivity index (χ0n) is 23.4. The molecule has 2 aliphatic heterocycles. The molecule has 0 bridgehead atoms. The molecular weight excluding hydrogens is 516 g/mol. The molecule has 2 aromatic carbocycles. The van der Waals surface area contributed by atoms with E-state index in [-0.39, 0.29) is 29.8 Å². The Hall–Kier alpha value is -2.94. The second-order valence-electron chi connectivity index (χ2n) is 11.2. The molecule has 0 radical (unpaired) electrons. The van der Waals surface area contributed by atoms with Gasteiger partial charge < -0.3 is 14.4 Å². The third-order valence-corrected chi connectivity index (χ3v) is 7.33. The van der Waals surface area contributed by atoms with Gasteiger partial charge in [-0.1, -0.05) is 68.8 Å². The van der Waals surface area contributed by atoms with Crippen molar-refractivity contribution in [3.8, 4) is 5.75 Å². The Labute approximate surface area is 236 Å². The SMILES string of the molecule is COc1ccccc1[C@@H]1CC(c2ccccc2Cl)=NN1C(=O)CN(CCN1CCOCC1)C(=O)CC(C)(C)C. The van der Waals surface area contributed by atoms with Crippen molar-refractivity contribution < 1.29 is 19.1 Å². The van der Waals surface area contributed by atoms with E-state index in [0.29, 0.717) is 49.9 Å². The lowest BCUT2D eigenvalue weighted by molar-refractivity contribution is -0.142. The fourth-order valence-corrected chi connectivity index (χ4v) is 5.21. The zero-order chi connectivity index (χ0) is 28.0. The maximum Gasteiger partial charge on any atom is 0.262 e. The average Bonchev–Trinajstić information content (AvgIpc) is 3.36. The van der Waals surface area contributed by atoms with Gasteiger partial charge in [-0.3, -0.25) is 14.5 Å². The van der Waals surface area contributed by atoms with Crippen molar-refractivity contribution in [3.05, 3.63) is 64.7 Å². The first-order valence-electron chi connectivity index (χ1n) is 13.5. The summed E-state index contributed by atoms with van der Waals surface area (Å²) in [5, 5.41) is 6.88. The van der Waals surface area contributed by atoms with Crippen LogP contribution >= 0.6 is 11.6 Å². The molecule has 9 heteroatoms. The van der Waals surface area contributed by atoms with E-state index in [1.807, 2.05) is 69.3 Å². The first-order valence-corrected chi connectivity index (χ1v) is 13.9. The number of hydrogen-bond donors (Lipinski definition) is 0. The normalized spacial score (nSPS) is 18.1. The van der Waals surface area contributed by atoms with E-state index in [1.54, 1.807) is 12.0 Å². The van der Waals surface area contributed by atoms with Crippen molar-refractivity contribution in [1.29, 1.82) is 0 Å². The summed E-state index contributed by atoms with van der Waals surface area (Å²) in [6, 6.07) is 14.8. The smallest absolute Gasteiger partial charge is 0.262 e. The Kier molecular flexibility index (Phi) is 9.64. The number of ether oxygens (including phenoxy) is 2. The van der Waals surface area contributed by atoms with E-state index in [2.05, 4.69) is 4.90 Å². The predicted octanol–water partition coefficient (Wildman–Crippen LogP) is 4.62. The van der Waals surface area contributed by atoms with Crippen LogP contribution in [0.25, 0.3) is 0 Å². The molecule has 0 N–H and O–H groups in total. The second kappa shape index (κ2) is 12.9. The standard InChI is InChI=1S/C30H39ClN4O4/c1-30(2,3)20-28(36)34(14-13-33-15-17-39-18-16-33)21-29(37)35-26(23-10-6-8-12-27(23)38-4)19-25(32-35)22-9-5-7-11-24(22)31/h5-12,26H,13-21H2,1-4H3/t26-/m0/s1. The minimum Gasteiger partial charge on any atom is -0.496 e. The minimum atomic E-state index is -0.376. The molecule has 39 heavy (non-hydrogen) atoms. The lowest BCUT2D eigenvalue weighted by Crippen LogP contribution is -2.47. The highest BCUT2D eigenvalue weighted by Gasteiger charge is 2.36. The first-order chi connectivity index (χ1) is 18.7. The summed E-state index contributed by atoms with van der Waals surface area (Å²) in [5.41, 5.74) is 2.19. The number of amides is 2. The van der Waals surface area contributed by atoms with Crippen LogP contribution in [0, 0.1) is 5.41 Å². The zero-order valence-corrected chi connectivity index (χ0v) is 24.1. The van der Waals surface area contributed by atoms with Gasteiger partial charge >= 0.3 is 0 Å². The fraction of sp³-hybridized carbons (Fsp3) is 0.500. The number of benzene rings is 2. The van der Waals surface area contributed by atoms with Crippen LogP contribution < -0.4 is 4.74 Å². The number of hydrazone groups is 1. The quantitative estimate of drug-likeness (QED) is 0.452. The Morgan fingerprint density at radius 3 is 2.49 bits per heavy atom. The highest BCUT2D eigenvalue weighted by Crippen LogP contribution is 2.38. The van der Waals surface area contributed by atoms with E-state index in [9.17, 15) is 9.59 Å². The number of carbonyl (C=O) groups is 2. The van der Waals surface area contributed by atoms with Crippen molar-refractivity contribution >= 4 is 29.1 Å². The predicted molar refractivity (Wildman–Crippen MR) is 153 cm³/mol. The molecule has 0 aromatic heterocycles. The van der Waals surface area contributed by atoms with Gasteiger partial charge in [-0.2, -0.15) is 5.10 Å². The van der Waals surface area contributed by atoms with Gasteiger partial charge in [0.05, 0.1) is 32.1 Å². The molecule has 2 aliphatic rings. The summed E-state index contributed by atoms with van der Waals surface area (Å²) < 4.78 is 11.1. The topological polar surface area (TPSA) is 74.7 Å². The largest absolute Gasteiger partial charge is 0.496 e. The Morgan fingerprint density at radius 2 is 1.79 bits per heavy atom. The molecule has 2 aromatic rings. The Morgan fingerprint density at radius 1 is 1.10 bits per heavy atom. The number of rotatable bonds is 9. The van der Waals surface area contributed by atoms with Crippen molar-refractivity contribution in [3.63, 3.8) is 0 Å². The van der Waals surface area contributed by atoms with Gasteiger partial charge in [0.25, 0.3) is 5.91 Å². The molecule has 8 nitrogen and oxygen atoms in total. The molecule has 210 valence electrons. The molecule has 0 saturated carbocycles. The van der Waals surface area contributed by atoms with Crippen LogP contribution in [0.15, 0.2) is 53.6 Å². The molecule has 2 amide bonds. The monoisotopic (exact) mass is 554 g/mol. The molecule has 4 rings (SSSR count). The summed E-state index contributed by atoms with van der Waals surface area (Å²) >= 11 is 6.51. The summed E-state index contributed by atoms with van der Waals surface area (Å²) in [6.45, 7) is 10.2. The first kappa shape index (κ1) is 29.1. The Bertz CT molecular complexity index is 1190. The van der Waals surface area contributed by atoms with Gasteiger partial charge in [0.1, 0.15) is 12.3 Å². The number of hydrogen-bond acceptors (Lipinski definition) is 6. The lowest BCUT2D eigenvalue weighted by atomic mass is 9.91. The maximum atomic E-state index is 13.9. The van der Waals surface area contributed by atoms with Crippen molar-refractivity contribution in [1.82, 2.24) is 14.8 Å². The van der Waals surface area contributed by atoms with E-state index < -0.39 is 0 Å². The van der Waals surface area contributed by atoms with Crippen molar-refractivity contribution in [2.24, 2.45) is 10.5 Å². The van der Waals surface area contributed by atoms with Gasteiger partial charge in [-0.15, -0.1) is 0 Å². The number of morpholine rings is 1. The molecule has 2 heterocycles. The van der Waals surface area contributed by atoms with Gasteiger partial charge in [0.2, 0.25) is 5.91 Å². The van der Waals surface area contributed by atoms with Crippen LogP contribution in [0.1, 0.15) is 50.8 Å². The molecular formula is C30H39ClN4O4. The Balaban J connectivity index is 1.61. The van der Waals surface area contributed by atoms with Crippen LogP contribution in [0.2, 0.25) is 5.02 Å². The number of methoxy groups -OCH3 is 1. The van der Waals surface area contributed by atoms with E-state index >= 15 is 0 Å². The minimum absolute atomic E-state index is 0.0348. The van der Waals surface area contributed by atoms with E-state index in [4.69, 9.17) is 26.2 Å². The lowest BCUT2D eigenvalue weighted by Gasteiger charge is -2.32. The summed E-state index contributed by atoms with van der Waals surface area (Å²) in [7, 11) is 1.62. The van der Waals surface area contributed by atoms with Crippen LogP contribution in [0.4, 0.5) is 0 Å². The number of carbonyl (C=O) groups excluding carboxylic acids is 2. The van der Waals surface area contributed by atoms with Gasteiger partial charge in [-0.25, -0.2) is 5.01 Å². The van der Waals surface area contributed by atoms with Crippen molar-refractivity contribution in [2.45, 2.75) is 39.7 Å². The van der Waals surface area contributed by atoms with E-state index in [1.165, 1.54) is 5.01 Å². The molecule has 0 spiro atoms. The maximum absolute atomic E-state index is 13.9. The molecule has 0 aliphatic carbocycles. The van der Waals surface area contributed by atoms with Gasteiger partial charge in [-0.05, 0) is 17.5 Å². The summed E-state index contributed by atoms with van der Waals surface area (Å²) in [4.78, 5) is 31.3. The number of para-hydroxylation sites is 1. The average molecular weight is 555 g/mol. The number of nitrogens with zero attached hydrogens (tertiary/aromatic N) is 4. The molecule has 0 unspecified atom stereocenters. The van der Waals surface area contributed by atoms with Gasteiger partial charge in [0, 0.05) is 55.2 Å². The van der Waals surface area contributed by atoms with E-state index in [0.717, 1.165) is 29.9 Å². The second-order valence-corrected chi connectivity index (χ2v) is 11.6. The third-order valence-electron chi connectivity index (χ3n) is 7.00.